The maximum atomic E-state index is 13.1. The molecule has 5 rings (SSSR count). The lowest BCUT2D eigenvalue weighted by molar-refractivity contribution is -0.116. The van der Waals surface area contributed by atoms with Gasteiger partial charge in [-0.25, -0.2) is 4.79 Å². The number of nitrogens with one attached hydrogen (secondary N) is 3. The number of piperidine rings is 1. The van der Waals surface area contributed by atoms with Gasteiger partial charge in [0.1, 0.15) is 11.9 Å². The smallest absolute Gasteiger partial charge is 0.411 e. The van der Waals surface area contributed by atoms with Crippen LogP contribution in [0.15, 0.2) is 89.9 Å². The number of carbonyl (C=O) groups excluding carboxylic acids is 3. The van der Waals surface area contributed by atoms with E-state index in [0.29, 0.717) is 50.1 Å². The van der Waals surface area contributed by atoms with Crippen LogP contribution in [0, 0.1) is 13.8 Å². The van der Waals surface area contributed by atoms with Gasteiger partial charge >= 0.3 is 6.09 Å². The van der Waals surface area contributed by atoms with Gasteiger partial charge in [0.25, 0.3) is 0 Å². The number of ether oxygens (including phenoxy) is 1. The minimum Gasteiger partial charge on any atom is -0.506 e. The number of hydrogen-bond donors (Lipinski definition) is 4. The van der Waals surface area contributed by atoms with Gasteiger partial charge in [-0.15, -0.1) is 0 Å². The highest BCUT2D eigenvalue weighted by atomic mass is 28.4. The third-order valence-electron chi connectivity index (χ3n) is 11.0. The zero-order valence-electron chi connectivity index (χ0n) is 34.2. The second-order valence-corrected chi connectivity index (χ2v) is 21.0. The molecule has 1 aliphatic rings. The highest BCUT2D eigenvalue weighted by Crippen LogP contribution is 2.40. The van der Waals surface area contributed by atoms with Crippen LogP contribution in [0.1, 0.15) is 68.4 Å². The van der Waals surface area contributed by atoms with Crippen LogP contribution in [0.3, 0.4) is 0 Å². The molecule has 12 heteroatoms. The summed E-state index contributed by atoms with van der Waals surface area (Å²) in [5.41, 5.74) is 7.38. The van der Waals surface area contributed by atoms with Crippen LogP contribution in [-0.4, -0.2) is 75.2 Å². The quantitative estimate of drug-likeness (QED) is 0.0407. The molecule has 0 bridgehead atoms. The Hall–Kier alpha value is -5.30. The van der Waals surface area contributed by atoms with Crippen molar-refractivity contribution in [3.05, 3.63) is 107 Å². The van der Waals surface area contributed by atoms with Gasteiger partial charge in [-0.3, -0.25) is 19.9 Å². The van der Waals surface area contributed by atoms with Gasteiger partial charge in [-0.05, 0) is 103 Å². The number of phenols is 1. The molecule has 57 heavy (non-hydrogen) atoms. The van der Waals surface area contributed by atoms with Gasteiger partial charge in [0.15, 0.2) is 8.32 Å². The summed E-state index contributed by atoms with van der Waals surface area (Å²) in [6.45, 7) is 17.3. The summed E-state index contributed by atoms with van der Waals surface area (Å²) in [7, 11) is -2.21. The number of para-hydroxylation sites is 1. The summed E-state index contributed by atoms with van der Waals surface area (Å²) < 4.78 is 12.6. The third kappa shape index (κ3) is 11.9. The predicted octanol–water partition coefficient (Wildman–Crippen LogP) is 9.47. The predicted molar refractivity (Wildman–Crippen MR) is 232 cm³/mol. The van der Waals surface area contributed by atoms with E-state index in [4.69, 9.17) is 14.2 Å². The molecule has 0 aliphatic carbocycles. The Kier molecular flexibility index (Phi) is 14.4. The molecule has 1 saturated heterocycles. The lowest BCUT2D eigenvalue weighted by atomic mass is 10.0. The SMILES string of the molecule is Cc1cc(NC(=O)CCN2CCC(OC(=O)Nc3ccccc3-c3ccccc3)CC2)c(C)cc1C=NCC(O[Si](C)(C)C(C)(C)C)c1ccc(O)c(NC=O)c1. The third-order valence-corrected chi connectivity index (χ3v) is 15.4. The van der Waals surface area contributed by atoms with Crippen molar-refractivity contribution in [2.24, 2.45) is 4.99 Å². The number of anilines is 3. The van der Waals surface area contributed by atoms with Crippen molar-refractivity contribution in [2.75, 3.05) is 42.1 Å². The Morgan fingerprint density at radius 3 is 2.32 bits per heavy atom. The number of likely N-dealkylation sites (tertiary alicyclic amines) is 1. The molecule has 1 aliphatic heterocycles. The highest BCUT2D eigenvalue weighted by molar-refractivity contribution is 6.74. The van der Waals surface area contributed by atoms with Crippen LogP contribution < -0.4 is 16.0 Å². The van der Waals surface area contributed by atoms with E-state index in [1.165, 1.54) is 0 Å². The van der Waals surface area contributed by atoms with Gasteiger partial charge in [-0.2, -0.15) is 0 Å². The van der Waals surface area contributed by atoms with Crippen LogP contribution in [0.5, 0.6) is 5.75 Å². The minimum absolute atomic E-state index is 0.0193. The molecule has 11 nitrogen and oxygen atoms in total. The fourth-order valence-corrected chi connectivity index (χ4v) is 7.79. The van der Waals surface area contributed by atoms with E-state index in [-0.39, 0.29) is 28.9 Å². The highest BCUT2D eigenvalue weighted by Gasteiger charge is 2.39. The largest absolute Gasteiger partial charge is 0.506 e. The molecular weight excluding hydrogens is 735 g/mol. The maximum Gasteiger partial charge on any atom is 0.411 e. The Labute approximate surface area is 338 Å². The van der Waals surface area contributed by atoms with Crippen molar-refractivity contribution in [1.82, 2.24) is 4.90 Å². The molecule has 1 atom stereocenters. The summed E-state index contributed by atoms with van der Waals surface area (Å²) >= 11 is 0. The monoisotopic (exact) mass is 791 g/mol. The molecule has 0 radical (unpaired) electrons. The average Bonchev–Trinajstić information content (AvgIpc) is 3.17. The van der Waals surface area contributed by atoms with E-state index in [1.54, 1.807) is 18.2 Å². The molecule has 1 heterocycles. The summed E-state index contributed by atoms with van der Waals surface area (Å²) in [5, 5.41) is 18.8. The molecule has 1 unspecified atom stereocenters. The molecule has 4 aromatic rings. The first-order valence-electron chi connectivity index (χ1n) is 19.6. The molecule has 0 saturated carbocycles. The molecular formula is C45H57N5O6Si. The first-order chi connectivity index (χ1) is 27.1. The van der Waals surface area contributed by atoms with Crippen LogP contribution in [0.4, 0.5) is 21.9 Å². The van der Waals surface area contributed by atoms with Crippen LogP contribution in [-0.2, 0) is 18.8 Å². The summed E-state index contributed by atoms with van der Waals surface area (Å²) in [6, 6.07) is 26.7. The van der Waals surface area contributed by atoms with Crippen molar-refractivity contribution < 1.29 is 28.7 Å². The van der Waals surface area contributed by atoms with Crippen molar-refractivity contribution in [1.29, 1.82) is 0 Å². The normalized spacial score (nSPS) is 14.6. The van der Waals surface area contributed by atoms with Crippen LogP contribution in [0.25, 0.3) is 11.1 Å². The standard InChI is InChI=1S/C45H57N5O6Si/c1-31-26-39(32(2)25-35(31)28-46-29-42(56-57(6,7)45(3,4)5)34-17-18-41(52)40(27-34)47-30-51)48-43(53)21-24-50-22-19-36(20-23-50)55-44(54)49-38-16-12-11-15-37(38)33-13-9-8-10-14-33/h8-18,25-28,30,36,42,52H,19-24,29H2,1-7H3,(H,47,51)(H,48,53)(H,49,54). The number of hydrogen-bond acceptors (Lipinski definition) is 8. The number of aromatic hydroxyl groups is 1. The lowest BCUT2D eigenvalue weighted by Crippen LogP contribution is -2.42. The zero-order valence-corrected chi connectivity index (χ0v) is 35.2. The van der Waals surface area contributed by atoms with Crippen molar-refractivity contribution in [3.8, 4) is 16.9 Å². The summed E-state index contributed by atoms with van der Waals surface area (Å²) in [5.74, 6) is -0.0780. The Morgan fingerprint density at radius 2 is 1.61 bits per heavy atom. The zero-order chi connectivity index (χ0) is 41.2. The fraction of sp³-hybridized carbons (Fsp3) is 0.378. The van der Waals surface area contributed by atoms with Crippen molar-refractivity contribution in [3.63, 3.8) is 0 Å². The van der Waals surface area contributed by atoms with Gasteiger partial charge in [0, 0.05) is 43.5 Å². The van der Waals surface area contributed by atoms with Crippen molar-refractivity contribution >= 4 is 50.0 Å². The minimum atomic E-state index is -2.21. The molecule has 4 N–H and O–H groups in total. The van der Waals surface area contributed by atoms with Gasteiger partial charge in [0.05, 0.1) is 24.0 Å². The molecule has 3 amide bonds. The number of aliphatic imine (C=N–C) groups is 1. The van der Waals surface area contributed by atoms with E-state index in [0.717, 1.165) is 52.2 Å². The summed E-state index contributed by atoms with van der Waals surface area (Å²) in [4.78, 5) is 44.1. The number of nitrogens with zero attached hydrogens (tertiary/aromatic N) is 2. The van der Waals surface area contributed by atoms with E-state index >= 15 is 0 Å². The number of benzene rings is 4. The topological polar surface area (TPSA) is 142 Å². The molecule has 302 valence electrons. The van der Waals surface area contributed by atoms with Crippen molar-refractivity contribution in [2.45, 2.75) is 84.2 Å². The lowest BCUT2D eigenvalue weighted by Gasteiger charge is -2.39. The second-order valence-electron chi connectivity index (χ2n) is 16.2. The fourth-order valence-electron chi connectivity index (χ4n) is 6.51. The number of phenolic OH excluding ortho intramolecular Hbond substituents is 1. The van der Waals surface area contributed by atoms with E-state index in [1.807, 2.05) is 86.8 Å². The average molecular weight is 792 g/mol. The first-order valence-corrected chi connectivity index (χ1v) is 22.5. The Bertz CT molecular complexity index is 2040. The second kappa shape index (κ2) is 19.2. The Morgan fingerprint density at radius 1 is 0.912 bits per heavy atom. The Balaban J connectivity index is 1.11. The number of aryl methyl sites for hydroxylation is 2. The van der Waals surface area contributed by atoms with Gasteiger partial charge in [0.2, 0.25) is 12.3 Å². The molecule has 0 aromatic heterocycles. The van der Waals surface area contributed by atoms with E-state index < -0.39 is 14.4 Å². The molecule has 0 spiro atoms. The maximum absolute atomic E-state index is 13.1. The van der Waals surface area contributed by atoms with Crippen LogP contribution in [0.2, 0.25) is 18.1 Å². The number of rotatable bonds is 15. The molecule has 1 fully saturated rings. The first kappa shape index (κ1) is 42.8. The number of carbonyl (C=O) groups is 3. The molecule has 4 aromatic carbocycles. The summed E-state index contributed by atoms with van der Waals surface area (Å²) in [6.07, 6.45) is 3.09. The van der Waals surface area contributed by atoms with Gasteiger partial charge in [-0.1, -0.05) is 75.4 Å². The van der Waals surface area contributed by atoms with E-state index in [9.17, 15) is 19.5 Å². The number of amides is 3. The van der Waals surface area contributed by atoms with E-state index in [2.05, 4.69) is 54.7 Å². The van der Waals surface area contributed by atoms with Crippen LogP contribution >= 0.6 is 0 Å². The van der Waals surface area contributed by atoms with Gasteiger partial charge < -0.3 is 29.8 Å².